The van der Waals surface area contributed by atoms with Gasteiger partial charge in [-0.05, 0) is 20.3 Å². The zero-order valence-corrected chi connectivity index (χ0v) is 10.0. The monoisotopic (exact) mass is 222 g/mol. The van der Waals surface area contributed by atoms with E-state index < -0.39 is 5.97 Å². The first-order chi connectivity index (χ1) is 7.56. The lowest BCUT2D eigenvalue weighted by Crippen LogP contribution is -2.11. The third kappa shape index (κ3) is 2.95. The maximum Gasteiger partial charge on any atom is 0.325 e. The third-order valence-electron chi connectivity index (χ3n) is 2.46. The lowest BCUT2D eigenvalue weighted by Gasteiger charge is -1.99. The van der Waals surface area contributed by atoms with E-state index in [-0.39, 0.29) is 6.54 Å². The highest BCUT2D eigenvalue weighted by molar-refractivity contribution is 5.67. The second-order valence-corrected chi connectivity index (χ2v) is 3.83. The summed E-state index contributed by atoms with van der Waals surface area (Å²) in [6.07, 6.45) is 6.27. The summed E-state index contributed by atoms with van der Waals surface area (Å²) in [6.45, 7) is 5.84. The molecule has 0 unspecified atom stereocenters. The molecule has 0 atom stereocenters. The highest BCUT2D eigenvalue weighted by Crippen LogP contribution is 2.15. The van der Waals surface area contributed by atoms with Gasteiger partial charge >= 0.3 is 5.97 Å². The molecule has 4 nitrogen and oxygen atoms in total. The fourth-order valence-corrected chi connectivity index (χ4v) is 1.60. The number of carboxylic acids is 1. The Hall–Kier alpha value is -1.58. The Labute approximate surface area is 95.6 Å². The van der Waals surface area contributed by atoms with Gasteiger partial charge in [-0.25, -0.2) is 0 Å². The van der Waals surface area contributed by atoms with Gasteiger partial charge in [-0.15, -0.1) is 0 Å². The highest BCUT2D eigenvalue weighted by atomic mass is 16.4. The van der Waals surface area contributed by atoms with E-state index >= 15 is 0 Å². The maximum absolute atomic E-state index is 10.6. The number of hydrogen-bond acceptors (Lipinski definition) is 2. The molecule has 0 saturated carbocycles. The van der Waals surface area contributed by atoms with Crippen LogP contribution in [0.3, 0.4) is 0 Å². The molecule has 16 heavy (non-hydrogen) atoms. The molecule has 0 fully saturated rings. The van der Waals surface area contributed by atoms with Crippen molar-refractivity contribution < 1.29 is 9.90 Å². The SMILES string of the molecule is CCCC=Cc1c(C)nn(CC(=O)O)c1C. The number of rotatable bonds is 5. The van der Waals surface area contributed by atoms with Crippen LogP contribution in [-0.2, 0) is 11.3 Å². The summed E-state index contributed by atoms with van der Waals surface area (Å²) >= 11 is 0. The zero-order valence-electron chi connectivity index (χ0n) is 10.0. The molecule has 0 aliphatic carbocycles. The van der Waals surface area contributed by atoms with E-state index in [0.29, 0.717) is 0 Å². The van der Waals surface area contributed by atoms with Crippen LogP contribution >= 0.6 is 0 Å². The van der Waals surface area contributed by atoms with Gasteiger partial charge in [-0.2, -0.15) is 5.10 Å². The van der Waals surface area contributed by atoms with Crippen LogP contribution in [0.15, 0.2) is 6.08 Å². The number of aromatic nitrogens is 2. The van der Waals surface area contributed by atoms with Crippen LogP contribution in [-0.4, -0.2) is 20.9 Å². The number of nitrogens with zero attached hydrogens (tertiary/aromatic N) is 2. The summed E-state index contributed by atoms with van der Waals surface area (Å²) in [7, 11) is 0. The molecule has 1 aromatic rings. The van der Waals surface area contributed by atoms with Gasteiger partial charge in [-0.1, -0.05) is 25.5 Å². The Balaban J connectivity index is 2.93. The van der Waals surface area contributed by atoms with Crippen molar-refractivity contribution in [3.8, 4) is 0 Å². The van der Waals surface area contributed by atoms with Crippen molar-refractivity contribution in [2.24, 2.45) is 0 Å². The Bertz CT molecular complexity index is 405. The molecular weight excluding hydrogens is 204 g/mol. The lowest BCUT2D eigenvalue weighted by molar-refractivity contribution is -0.137. The molecule has 1 heterocycles. The first kappa shape index (κ1) is 12.5. The molecule has 0 aliphatic heterocycles. The topological polar surface area (TPSA) is 55.1 Å². The normalized spacial score (nSPS) is 11.2. The molecule has 88 valence electrons. The van der Waals surface area contributed by atoms with E-state index in [2.05, 4.69) is 18.1 Å². The minimum atomic E-state index is -0.866. The molecule has 0 bridgehead atoms. The van der Waals surface area contributed by atoms with E-state index in [0.717, 1.165) is 29.8 Å². The molecule has 4 heteroatoms. The molecule has 0 radical (unpaired) electrons. The van der Waals surface area contributed by atoms with Crippen LogP contribution < -0.4 is 0 Å². The second-order valence-electron chi connectivity index (χ2n) is 3.83. The molecule has 0 saturated heterocycles. The largest absolute Gasteiger partial charge is 0.480 e. The van der Waals surface area contributed by atoms with Crippen LogP contribution in [0.4, 0.5) is 0 Å². The molecule has 1 rings (SSSR count). The van der Waals surface area contributed by atoms with Crippen LogP contribution in [0.5, 0.6) is 0 Å². The summed E-state index contributed by atoms with van der Waals surface area (Å²) < 4.78 is 1.53. The standard InChI is InChI=1S/C12H18N2O2/c1-4-5-6-7-11-9(2)13-14(10(11)3)8-12(15)16/h6-7H,4-5,8H2,1-3H3,(H,15,16). The highest BCUT2D eigenvalue weighted by Gasteiger charge is 2.10. The van der Waals surface area contributed by atoms with Gasteiger partial charge in [0, 0.05) is 11.3 Å². The summed E-state index contributed by atoms with van der Waals surface area (Å²) in [4.78, 5) is 10.6. The molecule has 0 aliphatic rings. The van der Waals surface area contributed by atoms with E-state index in [1.165, 1.54) is 4.68 Å². The van der Waals surface area contributed by atoms with Gasteiger partial charge < -0.3 is 5.11 Å². The number of carboxylic acid groups (broad SMARTS) is 1. The fraction of sp³-hybridized carbons (Fsp3) is 0.500. The summed E-state index contributed by atoms with van der Waals surface area (Å²) in [5, 5.41) is 12.9. The maximum atomic E-state index is 10.6. The number of allylic oxidation sites excluding steroid dienone is 1. The van der Waals surface area contributed by atoms with Gasteiger partial charge in [-0.3, -0.25) is 9.48 Å². The predicted molar refractivity (Wildman–Crippen MR) is 63.3 cm³/mol. The number of carbonyl (C=O) groups is 1. The molecule has 1 aromatic heterocycles. The van der Waals surface area contributed by atoms with E-state index in [4.69, 9.17) is 5.11 Å². The van der Waals surface area contributed by atoms with Gasteiger partial charge in [0.2, 0.25) is 0 Å². The van der Waals surface area contributed by atoms with E-state index in [1.807, 2.05) is 19.9 Å². The van der Waals surface area contributed by atoms with Crippen LogP contribution in [0.1, 0.15) is 36.7 Å². The van der Waals surface area contributed by atoms with Gasteiger partial charge in [0.05, 0.1) is 5.69 Å². The van der Waals surface area contributed by atoms with Crippen LogP contribution in [0, 0.1) is 13.8 Å². The number of unbranched alkanes of at least 4 members (excludes halogenated alkanes) is 1. The Kier molecular flexibility index (Phi) is 4.28. The van der Waals surface area contributed by atoms with E-state index in [9.17, 15) is 4.79 Å². The van der Waals surface area contributed by atoms with Crippen molar-refractivity contribution in [3.05, 3.63) is 23.0 Å². The van der Waals surface area contributed by atoms with Crippen molar-refractivity contribution in [1.29, 1.82) is 0 Å². The Morgan fingerprint density at radius 1 is 1.50 bits per heavy atom. The summed E-state index contributed by atoms with van der Waals surface area (Å²) in [6, 6.07) is 0. The predicted octanol–water partition coefficient (Wildman–Crippen LogP) is 2.40. The molecule has 1 N–H and O–H groups in total. The van der Waals surface area contributed by atoms with Crippen molar-refractivity contribution in [1.82, 2.24) is 9.78 Å². The first-order valence-corrected chi connectivity index (χ1v) is 5.48. The Morgan fingerprint density at radius 3 is 2.75 bits per heavy atom. The lowest BCUT2D eigenvalue weighted by atomic mass is 10.1. The van der Waals surface area contributed by atoms with Gasteiger partial charge in [0.15, 0.2) is 0 Å². The average Bonchev–Trinajstić information content (AvgIpc) is 2.45. The van der Waals surface area contributed by atoms with Crippen molar-refractivity contribution in [3.63, 3.8) is 0 Å². The molecular formula is C12H18N2O2. The smallest absolute Gasteiger partial charge is 0.325 e. The summed E-state index contributed by atoms with van der Waals surface area (Å²) in [5.41, 5.74) is 2.83. The van der Waals surface area contributed by atoms with Crippen molar-refractivity contribution in [2.75, 3.05) is 0 Å². The van der Waals surface area contributed by atoms with Crippen molar-refractivity contribution in [2.45, 2.75) is 40.2 Å². The number of aryl methyl sites for hydroxylation is 1. The van der Waals surface area contributed by atoms with Crippen LogP contribution in [0.25, 0.3) is 6.08 Å². The van der Waals surface area contributed by atoms with Gasteiger partial charge in [0.1, 0.15) is 6.54 Å². The number of aliphatic carboxylic acids is 1. The zero-order chi connectivity index (χ0) is 12.1. The average molecular weight is 222 g/mol. The third-order valence-corrected chi connectivity index (χ3v) is 2.46. The molecule has 0 spiro atoms. The van der Waals surface area contributed by atoms with Crippen LogP contribution in [0.2, 0.25) is 0 Å². The minimum Gasteiger partial charge on any atom is -0.480 e. The fourth-order valence-electron chi connectivity index (χ4n) is 1.60. The Morgan fingerprint density at radius 2 is 2.19 bits per heavy atom. The van der Waals surface area contributed by atoms with Crippen molar-refractivity contribution >= 4 is 12.0 Å². The quantitative estimate of drug-likeness (QED) is 0.832. The number of hydrogen-bond donors (Lipinski definition) is 1. The first-order valence-electron chi connectivity index (χ1n) is 5.48. The minimum absolute atomic E-state index is 0.0751. The van der Waals surface area contributed by atoms with Gasteiger partial charge in [0.25, 0.3) is 0 Å². The summed E-state index contributed by atoms with van der Waals surface area (Å²) in [5.74, 6) is -0.866. The second kappa shape index (κ2) is 5.49. The molecule has 0 amide bonds. The van der Waals surface area contributed by atoms with E-state index in [1.54, 1.807) is 0 Å². The molecule has 0 aromatic carbocycles.